The van der Waals surface area contributed by atoms with Crippen molar-refractivity contribution in [3.63, 3.8) is 0 Å². The smallest absolute Gasteiger partial charge is 0.250 e. The van der Waals surface area contributed by atoms with Gasteiger partial charge >= 0.3 is 0 Å². The van der Waals surface area contributed by atoms with Crippen molar-refractivity contribution in [2.24, 2.45) is 5.10 Å². The van der Waals surface area contributed by atoms with Crippen LogP contribution < -0.4 is 14.9 Å². The SMILES string of the molecule is CCn1c(SCC(=O)NN=Cc2ccc(OC)c(OC)c2)nnc1-c1ccc(C(C)(C)C)cc1. The average molecular weight is 482 g/mol. The van der Waals surface area contributed by atoms with E-state index in [9.17, 15) is 4.79 Å². The van der Waals surface area contributed by atoms with E-state index in [0.717, 1.165) is 17.0 Å². The molecule has 1 amide bonds. The van der Waals surface area contributed by atoms with Gasteiger partial charge in [0.05, 0.1) is 26.2 Å². The number of nitrogens with one attached hydrogen (secondary N) is 1. The molecule has 3 aromatic rings. The first-order valence-electron chi connectivity index (χ1n) is 11.0. The van der Waals surface area contributed by atoms with E-state index in [4.69, 9.17) is 9.47 Å². The van der Waals surface area contributed by atoms with Crippen LogP contribution in [0.2, 0.25) is 0 Å². The number of carbonyl (C=O) groups is 1. The lowest BCUT2D eigenvalue weighted by Gasteiger charge is -2.19. The van der Waals surface area contributed by atoms with E-state index in [2.05, 4.69) is 65.8 Å². The Morgan fingerprint density at radius 2 is 1.79 bits per heavy atom. The molecule has 9 heteroatoms. The van der Waals surface area contributed by atoms with Gasteiger partial charge in [0.1, 0.15) is 0 Å². The lowest BCUT2D eigenvalue weighted by Crippen LogP contribution is -2.20. The molecule has 0 bridgehead atoms. The molecule has 1 N–H and O–H groups in total. The molecule has 0 atom stereocenters. The fraction of sp³-hybridized carbons (Fsp3) is 0.360. The Morgan fingerprint density at radius 1 is 1.09 bits per heavy atom. The quantitative estimate of drug-likeness (QED) is 0.274. The number of nitrogens with zero attached hydrogens (tertiary/aromatic N) is 4. The van der Waals surface area contributed by atoms with E-state index in [1.54, 1.807) is 32.6 Å². The minimum Gasteiger partial charge on any atom is -0.493 e. The number of benzene rings is 2. The summed E-state index contributed by atoms with van der Waals surface area (Å²) in [6, 6.07) is 13.8. The molecule has 3 rings (SSSR count). The Kier molecular flexibility index (Phi) is 8.33. The summed E-state index contributed by atoms with van der Waals surface area (Å²) < 4.78 is 12.5. The van der Waals surface area contributed by atoms with Crippen LogP contribution in [0.4, 0.5) is 0 Å². The Hall–Kier alpha value is -3.33. The first-order chi connectivity index (χ1) is 16.3. The van der Waals surface area contributed by atoms with E-state index in [1.165, 1.54) is 17.3 Å². The molecule has 180 valence electrons. The number of rotatable bonds is 9. The highest BCUT2D eigenvalue weighted by Gasteiger charge is 2.17. The van der Waals surface area contributed by atoms with Crippen LogP contribution in [0.5, 0.6) is 11.5 Å². The second-order valence-electron chi connectivity index (χ2n) is 8.57. The lowest BCUT2D eigenvalue weighted by atomic mass is 9.87. The minimum absolute atomic E-state index is 0.0905. The summed E-state index contributed by atoms with van der Waals surface area (Å²) in [5, 5.41) is 13.4. The molecule has 1 aromatic heterocycles. The van der Waals surface area contributed by atoms with Gasteiger partial charge in [-0.3, -0.25) is 4.79 Å². The molecular weight excluding hydrogens is 450 g/mol. The maximum Gasteiger partial charge on any atom is 0.250 e. The summed E-state index contributed by atoms with van der Waals surface area (Å²) >= 11 is 1.33. The number of hydrazone groups is 1. The van der Waals surface area contributed by atoms with Crippen molar-refractivity contribution in [3.8, 4) is 22.9 Å². The van der Waals surface area contributed by atoms with Crippen LogP contribution in [0.3, 0.4) is 0 Å². The molecule has 0 saturated carbocycles. The van der Waals surface area contributed by atoms with Crippen molar-refractivity contribution < 1.29 is 14.3 Å². The third kappa shape index (κ3) is 6.17. The van der Waals surface area contributed by atoms with E-state index in [0.29, 0.717) is 23.2 Å². The van der Waals surface area contributed by atoms with Gasteiger partial charge in [0.25, 0.3) is 5.91 Å². The first kappa shape index (κ1) is 25.3. The summed E-state index contributed by atoms with van der Waals surface area (Å²) in [6.45, 7) is 9.30. The van der Waals surface area contributed by atoms with Crippen molar-refractivity contribution in [1.82, 2.24) is 20.2 Å². The highest BCUT2D eigenvalue weighted by atomic mass is 32.2. The zero-order valence-corrected chi connectivity index (χ0v) is 21.3. The highest BCUT2D eigenvalue weighted by Crippen LogP contribution is 2.28. The number of thioether (sulfide) groups is 1. The fourth-order valence-electron chi connectivity index (χ4n) is 3.29. The van der Waals surface area contributed by atoms with Crippen molar-refractivity contribution in [1.29, 1.82) is 0 Å². The van der Waals surface area contributed by atoms with Crippen molar-refractivity contribution in [2.45, 2.75) is 44.8 Å². The second-order valence-corrected chi connectivity index (χ2v) is 9.52. The van der Waals surface area contributed by atoms with Crippen molar-refractivity contribution in [2.75, 3.05) is 20.0 Å². The monoisotopic (exact) mass is 481 g/mol. The molecule has 1 heterocycles. The molecular formula is C25H31N5O3S. The lowest BCUT2D eigenvalue weighted by molar-refractivity contribution is -0.118. The fourth-order valence-corrected chi connectivity index (χ4v) is 4.08. The number of methoxy groups -OCH3 is 2. The predicted octanol–water partition coefficient (Wildman–Crippen LogP) is 4.52. The van der Waals surface area contributed by atoms with Crippen LogP contribution in [0.1, 0.15) is 38.8 Å². The standard InChI is InChI=1S/C25H31N5O3S/c1-7-30-23(18-9-11-19(12-10-18)25(2,3)4)28-29-24(30)34-16-22(31)27-26-15-17-8-13-20(32-5)21(14-17)33-6/h8-15H,7,16H2,1-6H3,(H,27,31). The largest absolute Gasteiger partial charge is 0.493 e. The predicted molar refractivity (Wildman–Crippen MR) is 136 cm³/mol. The summed E-state index contributed by atoms with van der Waals surface area (Å²) in [5.74, 6) is 1.95. The van der Waals surface area contributed by atoms with Crippen LogP contribution >= 0.6 is 11.8 Å². The number of carbonyl (C=O) groups excluding carboxylic acids is 1. The number of aromatic nitrogens is 3. The molecule has 0 unspecified atom stereocenters. The molecule has 0 fully saturated rings. The van der Waals surface area contributed by atoms with Gasteiger partial charge < -0.3 is 14.0 Å². The van der Waals surface area contributed by atoms with E-state index < -0.39 is 0 Å². The molecule has 0 aliphatic heterocycles. The summed E-state index contributed by atoms with van der Waals surface area (Å²) in [7, 11) is 3.15. The average Bonchev–Trinajstić information content (AvgIpc) is 3.25. The Bertz CT molecular complexity index is 1150. The van der Waals surface area contributed by atoms with Crippen LogP contribution in [-0.2, 0) is 16.8 Å². The molecule has 0 saturated heterocycles. The maximum atomic E-state index is 12.3. The van der Waals surface area contributed by atoms with Crippen LogP contribution in [0.25, 0.3) is 11.4 Å². The number of ether oxygens (including phenoxy) is 2. The van der Waals surface area contributed by atoms with Gasteiger partial charge in [0, 0.05) is 12.1 Å². The van der Waals surface area contributed by atoms with Gasteiger partial charge in [-0.1, -0.05) is 56.8 Å². The summed E-state index contributed by atoms with van der Waals surface area (Å²) in [4.78, 5) is 12.3. The normalized spacial score (nSPS) is 11.6. The first-order valence-corrected chi connectivity index (χ1v) is 12.0. The number of hydrogen-bond acceptors (Lipinski definition) is 7. The van der Waals surface area contributed by atoms with E-state index in [1.807, 2.05) is 17.6 Å². The molecule has 0 aliphatic carbocycles. The van der Waals surface area contributed by atoms with Crippen molar-refractivity contribution >= 4 is 23.9 Å². The molecule has 0 spiro atoms. The van der Waals surface area contributed by atoms with Gasteiger partial charge in [-0.25, -0.2) is 5.43 Å². The zero-order valence-electron chi connectivity index (χ0n) is 20.5. The number of hydrogen-bond donors (Lipinski definition) is 1. The summed E-state index contributed by atoms with van der Waals surface area (Å²) in [5.41, 5.74) is 5.67. The zero-order chi connectivity index (χ0) is 24.7. The Morgan fingerprint density at radius 3 is 2.41 bits per heavy atom. The molecule has 8 nitrogen and oxygen atoms in total. The second kappa shape index (κ2) is 11.2. The Balaban J connectivity index is 1.61. The van der Waals surface area contributed by atoms with E-state index >= 15 is 0 Å². The third-order valence-corrected chi connectivity index (χ3v) is 6.15. The minimum atomic E-state index is -0.233. The van der Waals surface area contributed by atoms with Crippen LogP contribution in [0, 0.1) is 0 Å². The molecule has 0 aliphatic rings. The topological polar surface area (TPSA) is 90.6 Å². The van der Waals surface area contributed by atoms with Gasteiger partial charge in [-0.15, -0.1) is 10.2 Å². The van der Waals surface area contributed by atoms with Crippen molar-refractivity contribution in [3.05, 3.63) is 53.6 Å². The van der Waals surface area contributed by atoms with Gasteiger partial charge in [-0.2, -0.15) is 5.10 Å². The molecule has 34 heavy (non-hydrogen) atoms. The van der Waals surface area contributed by atoms with Gasteiger partial charge in [0.2, 0.25) is 0 Å². The molecule has 0 radical (unpaired) electrons. The van der Waals surface area contributed by atoms with E-state index in [-0.39, 0.29) is 17.1 Å². The Labute approximate surface area is 204 Å². The summed E-state index contributed by atoms with van der Waals surface area (Å²) in [6.07, 6.45) is 1.55. The highest BCUT2D eigenvalue weighted by molar-refractivity contribution is 7.99. The van der Waals surface area contributed by atoms with Gasteiger partial charge in [-0.05, 0) is 41.7 Å². The van der Waals surface area contributed by atoms with Gasteiger partial charge in [0.15, 0.2) is 22.5 Å². The van der Waals surface area contributed by atoms with Crippen LogP contribution in [0.15, 0.2) is 52.7 Å². The maximum absolute atomic E-state index is 12.3. The number of amides is 1. The molecule has 2 aromatic carbocycles. The van der Waals surface area contributed by atoms with Crippen LogP contribution in [-0.4, -0.2) is 46.9 Å². The third-order valence-electron chi connectivity index (χ3n) is 5.19.